The fourth-order valence-corrected chi connectivity index (χ4v) is 2.69. The fraction of sp³-hybridized carbons (Fsp3) is 0.533. The summed E-state index contributed by atoms with van der Waals surface area (Å²) in [6.07, 6.45) is 1.06. The summed E-state index contributed by atoms with van der Waals surface area (Å²) in [5.74, 6) is -0.239. The highest BCUT2D eigenvalue weighted by atomic mass is 32.2. The lowest BCUT2D eigenvalue weighted by atomic mass is 9.93. The lowest BCUT2D eigenvalue weighted by Gasteiger charge is -2.29. The first-order valence-electron chi connectivity index (χ1n) is 6.99. The first kappa shape index (κ1) is 18.4. The smallest absolute Gasteiger partial charge is 0.255 e. The number of nitrogens with one attached hydrogen (secondary N) is 1. The van der Waals surface area contributed by atoms with Gasteiger partial charge in [-0.2, -0.15) is 0 Å². The molecule has 22 heavy (non-hydrogen) atoms. The van der Waals surface area contributed by atoms with Crippen molar-refractivity contribution < 1.29 is 13.2 Å². The summed E-state index contributed by atoms with van der Waals surface area (Å²) in [5, 5.41) is 0. The van der Waals surface area contributed by atoms with Crippen LogP contribution >= 0.6 is 0 Å². The van der Waals surface area contributed by atoms with Crippen LogP contribution in [0.2, 0.25) is 0 Å². The second-order valence-corrected chi connectivity index (χ2v) is 8.20. The standard InChI is InChI=1S/C15H25N3O3S/c1-11-6-7-13(17-22(5,20)21)12(8-11)14(19)18(4)10-15(2,3)9-16/h6-8,17H,9-10,16H2,1-5H3. The predicted molar refractivity (Wildman–Crippen MR) is 89.4 cm³/mol. The minimum Gasteiger partial charge on any atom is -0.341 e. The molecule has 1 amide bonds. The van der Waals surface area contributed by atoms with Crippen LogP contribution in [0.1, 0.15) is 29.8 Å². The van der Waals surface area contributed by atoms with Crippen molar-refractivity contribution in [2.45, 2.75) is 20.8 Å². The summed E-state index contributed by atoms with van der Waals surface area (Å²) >= 11 is 0. The second-order valence-electron chi connectivity index (χ2n) is 6.45. The number of anilines is 1. The van der Waals surface area contributed by atoms with E-state index in [0.717, 1.165) is 11.8 Å². The van der Waals surface area contributed by atoms with Crippen LogP contribution in [-0.2, 0) is 10.0 Å². The molecule has 0 aliphatic heterocycles. The molecule has 0 unspecified atom stereocenters. The Balaban J connectivity index is 3.13. The molecule has 0 aromatic heterocycles. The number of sulfonamides is 1. The fourth-order valence-electron chi connectivity index (χ4n) is 2.11. The van der Waals surface area contributed by atoms with Gasteiger partial charge in [-0.15, -0.1) is 0 Å². The third-order valence-corrected chi connectivity index (χ3v) is 3.86. The number of amides is 1. The molecule has 1 aromatic carbocycles. The van der Waals surface area contributed by atoms with Gasteiger partial charge in [0.15, 0.2) is 0 Å². The number of carbonyl (C=O) groups is 1. The Kier molecular flexibility index (Phi) is 5.59. The lowest BCUT2D eigenvalue weighted by molar-refractivity contribution is 0.0741. The molecule has 0 radical (unpaired) electrons. The van der Waals surface area contributed by atoms with Gasteiger partial charge in [-0.05, 0) is 31.0 Å². The van der Waals surface area contributed by atoms with E-state index in [1.54, 1.807) is 30.1 Å². The molecule has 124 valence electrons. The van der Waals surface area contributed by atoms with Crippen LogP contribution in [0.25, 0.3) is 0 Å². The van der Waals surface area contributed by atoms with E-state index in [4.69, 9.17) is 5.73 Å². The molecule has 0 spiro atoms. The maximum Gasteiger partial charge on any atom is 0.255 e. The number of aryl methyl sites for hydroxylation is 1. The first-order chi connectivity index (χ1) is 9.95. The second kappa shape index (κ2) is 6.66. The number of carbonyl (C=O) groups excluding carboxylic acids is 1. The van der Waals surface area contributed by atoms with Crippen molar-refractivity contribution in [3.8, 4) is 0 Å². The molecule has 0 aliphatic carbocycles. The predicted octanol–water partition coefficient (Wildman–Crippen LogP) is 1.42. The van der Waals surface area contributed by atoms with Crippen molar-refractivity contribution in [3.05, 3.63) is 29.3 Å². The summed E-state index contributed by atoms with van der Waals surface area (Å²) in [4.78, 5) is 14.2. The van der Waals surface area contributed by atoms with E-state index < -0.39 is 10.0 Å². The topological polar surface area (TPSA) is 92.5 Å². The molecule has 0 atom stereocenters. The number of nitrogens with zero attached hydrogens (tertiary/aromatic N) is 1. The van der Waals surface area contributed by atoms with Gasteiger partial charge in [0, 0.05) is 13.6 Å². The molecular formula is C15H25N3O3S. The summed E-state index contributed by atoms with van der Waals surface area (Å²) < 4.78 is 25.3. The zero-order chi connectivity index (χ0) is 17.1. The Bertz CT molecular complexity index is 654. The van der Waals surface area contributed by atoms with E-state index in [0.29, 0.717) is 18.7 Å². The van der Waals surface area contributed by atoms with E-state index in [1.165, 1.54) is 0 Å². The van der Waals surface area contributed by atoms with Crippen molar-refractivity contribution in [1.82, 2.24) is 4.90 Å². The Hall–Kier alpha value is -1.60. The summed E-state index contributed by atoms with van der Waals surface area (Å²) in [5.41, 5.74) is 7.00. The summed E-state index contributed by atoms with van der Waals surface area (Å²) in [6, 6.07) is 5.04. The van der Waals surface area contributed by atoms with Crippen LogP contribution in [0.4, 0.5) is 5.69 Å². The minimum absolute atomic E-state index is 0.210. The molecule has 0 bridgehead atoms. The molecular weight excluding hydrogens is 302 g/mol. The average Bonchev–Trinajstić information content (AvgIpc) is 2.38. The van der Waals surface area contributed by atoms with Crippen molar-refractivity contribution in [3.63, 3.8) is 0 Å². The van der Waals surface area contributed by atoms with E-state index in [-0.39, 0.29) is 17.0 Å². The highest BCUT2D eigenvalue weighted by molar-refractivity contribution is 7.92. The van der Waals surface area contributed by atoms with Gasteiger partial charge in [-0.1, -0.05) is 25.5 Å². The third-order valence-electron chi connectivity index (χ3n) is 3.27. The third kappa shape index (κ3) is 5.31. The quantitative estimate of drug-likeness (QED) is 0.826. The van der Waals surface area contributed by atoms with Crippen LogP contribution in [0.3, 0.4) is 0 Å². The van der Waals surface area contributed by atoms with Crippen molar-refractivity contribution in [2.24, 2.45) is 11.1 Å². The monoisotopic (exact) mass is 327 g/mol. The van der Waals surface area contributed by atoms with Gasteiger partial charge in [0.1, 0.15) is 0 Å². The van der Waals surface area contributed by atoms with Gasteiger partial charge in [-0.3, -0.25) is 9.52 Å². The summed E-state index contributed by atoms with van der Waals surface area (Å²) in [6.45, 7) is 6.73. The lowest BCUT2D eigenvalue weighted by Crippen LogP contribution is -2.40. The van der Waals surface area contributed by atoms with Crippen LogP contribution in [0.15, 0.2) is 18.2 Å². The number of rotatable bonds is 6. The first-order valence-corrected chi connectivity index (χ1v) is 8.88. The number of benzene rings is 1. The molecule has 0 heterocycles. The molecule has 3 N–H and O–H groups in total. The SMILES string of the molecule is Cc1ccc(NS(C)(=O)=O)c(C(=O)N(C)CC(C)(C)CN)c1. The normalized spacial score (nSPS) is 12.1. The minimum atomic E-state index is -3.45. The number of nitrogens with two attached hydrogens (primary N) is 1. The maximum atomic E-state index is 12.6. The molecule has 0 aliphatic rings. The molecule has 0 fully saturated rings. The van der Waals surface area contributed by atoms with E-state index in [9.17, 15) is 13.2 Å². The Morgan fingerprint density at radius 2 is 1.95 bits per heavy atom. The van der Waals surface area contributed by atoms with Gasteiger partial charge >= 0.3 is 0 Å². The van der Waals surface area contributed by atoms with Crippen LogP contribution in [0.5, 0.6) is 0 Å². The van der Waals surface area contributed by atoms with Crippen molar-refractivity contribution in [2.75, 3.05) is 31.1 Å². The van der Waals surface area contributed by atoms with Crippen molar-refractivity contribution >= 4 is 21.6 Å². The van der Waals surface area contributed by atoms with Crippen LogP contribution < -0.4 is 10.5 Å². The summed E-state index contributed by atoms with van der Waals surface area (Å²) in [7, 11) is -1.77. The van der Waals surface area contributed by atoms with Gasteiger partial charge < -0.3 is 10.6 Å². The molecule has 7 heteroatoms. The molecule has 0 saturated carbocycles. The number of hydrogen-bond acceptors (Lipinski definition) is 4. The van der Waals surface area contributed by atoms with Crippen LogP contribution in [-0.4, -0.2) is 45.6 Å². The highest BCUT2D eigenvalue weighted by Gasteiger charge is 2.24. The van der Waals surface area contributed by atoms with Crippen LogP contribution in [0, 0.1) is 12.3 Å². The molecule has 6 nitrogen and oxygen atoms in total. The molecule has 1 rings (SSSR count). The Morgan fingerprint density at radius 3 is 2.45 bits per heavy atom. The van der Waals surface area contributed by atoms with E-state index >= 15 is 0 Å². The van der Waals surface area contributed by atoms with Gasteiger partial charge in [0.25, 0.3) is 5.91 Å². The van der Waals surface area contributed by atoms with Gasteiger partial charge in [-0.25, -0.2) is 8.42 Å². The zero-order valence-electron chi connectivity index (χ0n) is 13.8. The Morgan fingerprint density at radius 1 is 1.36 bits per heavy atom. The highest BCUT2D eigenvalue weighted by Crippen LogP contribution is 2.22. The average molecular weight is 327 g/mol. The Labute approximate surface area is 132 Å². The largest absolute Gasteiger partial charge is 0.341 e. The maximum absolute atomic E-state index is 12.6. The van der Waals surface area contributed by atoms with E-state index in [2.05, 4.69) is 4.72 Å². The van der Waals surface area contributed by atoms with E-state index in [1.807, 2.05) is 20.8 Å². The zero-order valence-corrected chi connectivity index (χ0v) is 14.6. The molecule has 0 saturated heterocycles. The van der Waals surface area contributed by atoms with Gasteiger partial charge in [0.2, 0.25) is 10.0 Å². The van der Waals surface area contributed by atoms with Gasteiger partial charge in [0.05, 0.1) is 17.5 Å². The van der Waals surface area contributed by atoms with Crippen molar-refractivity contribution in [1.29, 1.82) is 0 Å². The number of hydrogen-bond donors (Lipinski definition) is 2. The molecule has 1 aromatic rings.